The van der Waals surface area contributed by atoms with Gasteiger partial charge in [-0.15, -0.1) is 0 Å². The van der Waals surface area contributed by atoms with Crippen LogP contribution < -0.4 is 4.90 Å². The third-order valence-electron chi connectivity index (χ3n) is 6.87. The van der Waals surface area contributed by atoms with Gasteiger partial charge >= 0.3 is 0 Å². The Bertz CT molecular complexity index is 1520. The van der Waals surface area contributed by atoms with Crippen LogP contribution in [0.2, 0.25) is 0 Å². The lowest BCUT2D eigenvalue weighted by Crippen LogP contribution is -2.36. The first-order valence-electron chi connectivity index (χ1n) is 11.5. The van der Waals surface area contributed by atoms with Crippen LogP contribution in [0, 0.1) is 6.92 Å². The van der Waals surface area contributed by atoms with Crippen LogP contribution in [0.15, 0.2) is 103 Å². The zero-order valence-electron chi connectivity index (χ0n) is 18.7. The van der Waals surface area contributed by atoms with Gasteiger partial charge in [0.1, 0.15) is 0 Å². The van der Waals surface area contributed by atoms with Crippen molar-refractivity contribution < 1.29 is 4.79 Å². The summed E-state index contributed by atoms with van der Waals surface area (Å²) in [5.41, 5.74) is 5.87. The van der Waals surface area contributed by atoms with Crippen LogP contribution in [0.3, 0.4) is 0 Å². The monoisotopic (exact) mass is 427 g/mol. The first kappa shape index (κ1) is 19.8. The molecule has 0 radical (unpaired) electrons. The number of nitrogens with zero attached hydrogens (tertiary/aromatic N) is 1. The highest BCUT2D eigenvalue weighted by molar-refractivity contribution is 6.03. The average Bonchev–Trinajstić information content (AvgIpc) is 2.85. The molecule has 0 aromatic heterocycles. The lowest BCUT2D eigenvalue weighted by molar-refractivity contribution is -0.119. The van der Waals surface area contributed by atoms with E-state index in [2.05, 4.69) is 110 Å². The van der Waals surface area contributed by atoms with Gasteiger partial charge in [0.15, 0.2) is 0 Å². The molecule has 2 nitrogen and oxygen atoms in total. The van der Waals surface area contributed by atoms with E-state index in [0.717, 1.165) is 11.3 Å². The van der Waals surface area contributed by atoms with Crippen LogP contribution in [0.25, 0.3) is 21.5 Å². The van der Waals surface area contributed by atoms with Crippen molar-refractivity contribution in [2.24, 2.45) is 0 Å². The van der Waals surface area contributed by atoms with Crippen LogP contribution in [-0.4, -0.2) is 5.91 Å². The summed E-state index contributed by atoms with van der Waals surface area (Å²) in [7, 11) is 0. The molecule has 33 heavy (non-hydrogen) atoms. The van der Waals surface area contributed by atoms with E-state index in [1.807, 2.05) is 4.90 Å². The van der Waals surface area contributed by atoms with Gasteiger partial charge in [-0.05, 0) is 51.2 Å². The third-order valence-corrected chi connectivity index (χ3v) is 6.87. The van der Waals surface area contributed by atoms with E-state index in [9.17, 15) is 4.79 Å². The van der Waals surface area contributed by atoms with E-state index in [-0.39, 0.29) is 11.8 Å². The molecule has 2 heteroatoms. The van der Waals surface area contributed by atoms with Gasteiger partial charge in [-0.3, -0.25) is 4.79 Å². The van der Waals surface area contributed by atoms with Gasteiger partial charge in [-0.1, -0.05) is 103 Å². The van der Waals surface area contributed by atoms with Crippen LogP contribution >= 0.6 is 0 Å². The summed E-state index contributed by atoms with van der Waals surface area (Å²) < 4.78 is 0. The predicted octanol–water partition coefficient (Wildman–Crippen LogP) is 7.37. The van der Waals surface area contributed by atoms with Gasteiger partial charge < -0.3 is 4.90 Å². The molecule has 0 saturated carbocycles. The number of amides is 1. The third kappa shape index (κ3) is 3.48. The van der Waals surface area contributed by atoms with Crippen LogP contribution in [0.4, 0.5) is 5.69 Å². The molecule has 0 saturated heterocycles. The molecule has 1 amide bonds. The topological polar surface area (TPSA) is 20.3 Å². The maximum atomic E-state index is 13.6. The summed E-state index contributed by atoms with van der Waals surface area (Å²) >= 11 is 0. The van der Waals surface area contributed by atoms with Crippen LogP contribution in [0.5, 0.6) is 0 Å². The molecule has 0 aliphatic carbocycles. The summed E-state index contributed by atoms with van der Waals surface area (Å²) in [6.07, 6.45) is 0.477. The quantitative estimate of drug-likeness (QED) is 0.294. The normalized spacial score (nSPS) is 15.7. The van der Waals surface area contributed by atoms with Crippen molar-refractivity contribution in [3.05, 3.63) is 125 Å². The largest absolute Gasteiger partial charge is 0.308 e. The highest BCUT2D eigenvalue weighted by Crippen LogP contribution is 2.45. The standard InChI is InChI=1S/C31H25NO/c1-21-7-6-8-22(17-21)20-32-29-16-15-24-10-4-5-12-27(24)31(29)28(19-30(32)33)26-14-13-23-9-2-3-11-25(23)18-26/h2-18,28H,19-20H2,1H3. The smallest absolute Gasteiger partial charge is 0.228 e. The van der Waals surface area contributed by atoms with E-state index in [0.29, 0.717) is 13.0 Å². The van der Waals surface area contributed by atoms with Crippen molar-refractivity contribution in [2.75, 3.05) is 4.90 Å². The van der Waals surface area contributed by atoms with Crippen molar-refractivity contribution in [3.63, 3.8) is 0 Å². The molecule has 5 aromatic carbocycles. The fourth-order valence-electron chi connectivity index (χ4n) is 5.28. The Morgan fingerprint density at radius 3 is 2.36 bits per heavy atom. The zero-order valence-corrected chi connectivity index (χ0v) is 18.7. The summed E-state index contributed by atoms with van der Waals surface area (Å²) in [6, 6.07) is 36.3. The molecular weight excluding hydrogens is 402 g/mol. The van der Waals surface area contributed by atoms with Crippen molar-refractivity contribution in [1.82, 2.24) is 0 Å². The second kappa shape index (κ2) is 7.90. The number of fused-ring (bicyclic) bond motifs is 4. The highest BCUT2D eigenvalue weighted by Gasteiger charge is 2.33. The van der Waals surface area contributed by atoms with E-state index in [1.165, 1.54) is 38.2 Å². The number of rotatable bonds is 3. The van der Waals surface area contributed by atoms with Crippen LogP contribution in [0.1, 0.15) is 34.6 Å². The van der Waals surface area contributed by atoms with Crippen LogP contribution in [-0.2, 0) is 11.3 Å². The molecule has 1 heterocycles. The zero-order chi connectivity index (χ0) is 22.4. The second-order valence-electron chi connectivity index (χ2n) is 9.05. The van der Waals surface area contributed by atoms with E-state index >= 15 is 0 Å². The van der Waals surface area contributed by atoms with Gasteiger partial charge in [-0.2, -0.15) is 0 Å². The molecule has 6 rings (SSSR count). The number of hydrogen-bond donors (Lipinski definition) is 0. The Balaban J connectivity index is 1.53. The Labute approximate surface area is 194 Å². The lowest BCUT2D eigenvalue weighted by atomic mass is 9.80. The number of carbonyl (C=O) groups is 1. The fraction of sp³-hybridized carbons (Fsp3) is 0.129. The van der Waals surface area contributed by atoms with Crippen molar-refractivity contribution >= 4 is 33.1 Å². The molecule has 160 valence electrons. The van der Waals surface area contributed by atoms with Crippen molar-refractivity contribution in [3.8, 4) is 0 Å². The Morgan fingerprint density at radius 2 is 1.52 bits per heavy atom. The lowest BCUT2D eigenvalue weighted by Gasteiger charge is -2.35. The molecule has 1 aliphatic rings. The van der Waals surface area contributed by atoms with Crippen molar-refractivity contribution in [2.45, 2.75) is 25.8 Å². The van der Waals surface area contributed by atoms with Crippen molar-refractivity contribution in [1.29, 1.82) is 0 Å². The molecule has 1 aliphatic heterocycles. The number of anilines is 1. The predicted molar refractivity (Wildman–Crippen MR) is 137 cm³/mol. The minimum absolute atomic E-state index is 0.0389. The van der Waals surface area contributed by atoms with E-state index in [1.54, 1.807) is 0 Å². The maximum Gasteiger partial charge on any atom is 0.228 e. The maximum absolute atomic E-state index is 13.6. The minimum atomic E-state index is 0.0389. The van der Waals surface area contributed by atoms with Gasteiger partial charge in [-0.25, -0.2) is 0 Å². The minimum Gasteiger partial charge on any atom is -0.308 e. The molecule has 0 bridgehead atoms. The summed E-state index contributed by atoms with van der Waals surface area (Å²) in [5, 5.41) is 4.89. The Hall–Kier alpha value is -3.91. The van der Waals surface area contributed by atoms with E-state index < -0.39 is 0 Å². The molecule has 0 fully saturated rings. The first-order valence-corrected chi connectivity index (χ1v) is 11.5. The van der Waals surface area contributed by atoms with E-state index in [4.69, 9.17) is 0 Å². The summed E-state index contributed by atoms with van der Waals surface area (Å²) in [5.74, 6) is 0.217. The number of carbonyl (C=O) groups excluding carboxylic acids is 1. The second-order valence-corrected chi connectivity index (χ2v) is 9.05. The molecule has 1 atom stereocenters. The fourth-order valence-corrected chi connectivity index (χ4v) is 5.28. The van der Waals surface area contributed by atoms with Gasteiger partial charge in [0.05, 0.1) is 6.54 Å². The summed E-state index contributed by atoms with van der Waals surface area (Å²) in [4.78, 5) is 15.5. The molecule has 0 N–H and O–H groups in total. The number of aryl methyl sites for hydroxylation is 1. The molecule has 5 aromatic rings. The average molecular weight is 428 g/mol. The number of hydrogen-bond acceptors (Lipinski definition) is 1. The number of benzene rings is 5. The molecule has 1 unspecified atom stereocenters. The Kier molecular flexibility index (Phi) is 4.73. The molecule has 0 spiro atoms. The highest BCUT2D eigenvalue weighted by atomic mass is 16.2. The first-order chi connectivity index (χ1) is 16.2. The van der Waals surface area contributed by atoms with Gasteiger partial charge in [0, 0.05) is 18.0 Å². The van der Waals surface area contributed by atoms with Gasteiger partial charge in [0.25, 0.3) is 0 Å². The summed E-state index contributed by atoms with van der Waals surface area (Å²) in [6.45, 7) is 2.69. The van der Waals surface area contributed by atoms with Gasteiger partial charge in [0.2, 0.25) is 5.91 Å². The molecular formula is C31H25NO. The Morgan fingerprint density at radius 1 is 0.758 bits per heavy atom. The SMILES string of the molecule is Cc1cccc(CN2C(=O)CC(c3ccc4ccccc4c3)c3c2ccc2ccccc32)c1.